The van der Waals surface area contributed by atoms with Crippen molar-refractivity contribution in [2.24, 2.45) is 0 Å². The molecular weight excluding hydrogens is 207 g/mol. The third-order valence-corrected chi connectivity index (χ3v) is 2.22. The van der Waals surface area contributed by atoms with Gasteiger partial charge in [0.1, 0.15) is 5.82 Å². The molecule has 0 saturated carbocycles. The van der Waals surface area contributed by atoms with E-state index in [0.717, 1.165) is 31.4 Å². The van der Waals surface area contributed by atoms with Crippen LogP contribution in [0.2, 0.25) is 0 Å². The largest absolute Gasteiger partial charge is 0.416 e. The van der Waals surface area contributed by atoms with E-state index < -0.39 is 11.7 Å². The molecule has 2 rings (SSSR count). The molecule has 0 atom stereocenters. The Hall–Kier alpha value is -1.30. The first-order chi connectivity index (χ1) is 7.05. The van der Waals surface area contributed by atoms with E-state index in [4.69, 9.17) is 0 Å². The van der Waals surface area contributed by atoms with Crippen LogP contribution in [0, 0.1) is 0 Å². The fourth-order valence-electron chi connectivity index (χ4n) is 1.29. The normalized spacial score (nSPS) is 17.3. The van der Waals surface area contributed by atoms with Gasteiger partial charge >= 0.3 is 6.18 Å². The van der Waals surface area contributed by atoms with Crippen molar-refractivity contribution >= 4 is 5.82 Å². The minimum atomic E-state index is -4.31. The van der Waals surface area contributed by atoms with Crippen LogP contribution in [0.4, 0.5) is 19.0 Å². The lowest BCUT2D eigenvalue weighted by molar-refractivity contribution is -0.137. The van der Waals surface area contributed by atoms with Gasteiger partial charge < -0.3 is 10.6 Å². The maximum atomic E-state index is 12.3. The van der Waals surface area contributed by atoms with E-state index in [2.05, 4.69) is 15.6 Å². The highest BCUT2D eigenvalue weighted by Crippen LogP contribution is 2.29. The molecule has 1 fully saturated rings. The van der Waals surface area contributed by atoms with Gasteiger partial charge in [-0.1, -0.05) is 0 Å². The lowest BCUT2D eigenvalue weighted by Gasteiger charge is -2.28. The third kappa shape index (κ3) is 2.38. The maximum absolute atomic E-state index is 12.3. The van der Waals surface area contributed by atoms with Gasteiger partial charge in [0, 0.05) is 19.3 Å². The highest BCUT2D eigenvalue weighted by atomic mass is 19.4. The van der Waals surface area contributed by atoms with Crippen molar-refractivity contribution in [2.75, 3.05) is 18.4 Å². The number of halogens is 3. The molecule has 0 unspecified atom stereocenters. The van der Waals surface area contributed by atoms with Crippen molar-refractivity contribution in [1.82, 2.24) is 10.3 Å². The van der Waals surface area contributed by atoms with Crippen molar-refractivity contribution in [3.8, 4) is 0 Å². The van der Waals surface area contributed by atoms with Gasteiger partial charge in [0.05, 0.1) is 11.6 Å². The van der Waals surface area contributed by atoms with Crippen molar-refractivity contribution in [3.05, 3.63) is 23.9 Å². The molecule has 82 valence electrons. The van der Waals surface area contributed by atoms with Gasteiger partial charge in [0.25, 0.3) is 0 Å². The monoisotopic (exact) mass is 217 g/mol. The zero-order valence-electron chi connectivity index (χ0n) is 7.80. The number of pyridine rings is 1. The number of anilines is 1. The van der Waals surface area contributed by atoms with E-state index >= 15 is 0 Å². The third-order valence-electron chi connectivity index (χ3n) is 2.22. The molecule has 1 aliphatic rings. The zero-order valence-corrected chi connectivity index (χ0v) is 7.80. The molecule has 0 radical (unpaired) electrons. The number of aromatic nitrogens is 1. The summed E-state index contributed by atoms with van der Waals surface area (Å²) in [4.78, 5) is 3.84. The topological polar surface area (TPSA) is 37.0 Å². The molecule has 1 saturated heterocycles. The number of nitrogens with zero attached hydrogens (tertiary/aromatic N) is 1. The van der Waals surface area contributed by atoms with Gasteiger partial charge in [-0.25, -0.2) is 4.98 Å². The summed E-state index contributed by atoms with van der Waals surface area (Å²) in [5.41, 5.74) is -0.674. The fourth-order valence-corrected chi connectivity index (χ4v) is 1.29. The van der Waals surface area contributed by atoms with Crippen LogP contribution < -0.4 is 10.6 Å². The predicted octanol–water partition coefficient (Wildman–Crippen LogP) is 1.48. The first-order valence-corrected chi connectivity index (χ1v) is 4.56. The van der Waals surface area contributed by atoms with Gasteiger partial charge in [-0.15, -0.1) is 0 Å². The van der Waals surface area contributed by atoms with Crippen molar-refractivity contribution in [1.29, 1.82) is 0 Å². The lowest BCUT2D eigenvalue weighted by atomic mass is 10.2. The summed E-state index contributed by atoms with van der Waals surface area (Å²) >= 11 is 0. The van der Waals surface area contributed by atoms with Gasteiger partial charge in [0.2, 0.25) is 0 Å². The molecule has 0 aliphatic carbocycles. The summed E-state index contributed by atoms with van der Waals surface area (Å²) in [6, 6.07) is 2.17. The molecule has 1 aromatic heterocycles. The fraction of sp³-hybridized carbons (Fsp3) is 0.444. The Morgan fingerprint density at radius 2 is 2.13 bits per heavy atom. The smallest absolute Gasteiger partial charge is 0.365 e. The Balaban J connectivity index is 2.11. The second-order valence-electron chi connectivity index (χ2n) is 3.43. The van der Waals surface area contributed by atoms with Crippen LogP contribution in [-0.4, -0.2) is 24.1 Å². The van der Waals surface area contributed by atoms with E-state index in [1.165, 1.54) is 0 Å². The maximum Gasteiger partial charge on any atom is 0.416 e. The standard InChI is InChI=1S/C9H10F3N3/c10-9(11,12)6-1-2-14-8(3-6)15-7-4-13-5-7/h1-3,7,13H,4-5H2,(H,14,15). The average molecular weight is 217 g/mol. The van der Waals surface area contributed by atoms with E-state index in [9.17, 15) is 13.2 Å². The Bertz CT molecular complexity index is 347. The van der Waals surface area contributed by atoms with Crippen molar-refractivity contribution in [3.63, 3.8) is 0 Å². The van der Waals surface area contributed by atoms with Gasteiger partial charge in [0.15, 0.2) is 0 Å². The van der Waals surface area contributed by atoms with E-state index in [1.807, 2.05) is 0 Å². The van der Waals surface area contributed by atoms with Crippen LogP contribution >= 0.6 is 0 Å². The Kier molecular flexibility index (Phi) is 2.52. The van der Waals surface area contributed by atoms with E-state index in [-0.39, 0.29) is 11.9 Å². The van der Waals surface area contributed by atoms with Gasteiger partial charge in [-0.2, -0.15) is 13.2 Å². The SMILES string of the molecule is FC(F)(F)c1ccnc(NC2CNC2)c1. The molecule has 1 aromatic rings. The van der Waals surface area contributed by atoms with Gasteiger partial charge in [-0.05, 0) is 12.1 Å². The van der Waals surface area contributed by atoms with Crippen LogP contribution in [0.15, 0.2) is 18.3 Å². The molecule has 0 spiro atoms. The summed E-state index contributed by atoms with van der Waals surface area (Å²) in [5.74, 6) is 0.274. The quantitative estimate of drug-likeness (QED) is 0.788. The van der Waals surface area contributed by atoms with Crippen LogP contribution in [0.25, 0.3) is 0 Å². The summed E-state index contributed by atoms with van der Waals surface area (Å²) in [7, 11) is 0. The molecule has 2 N–H and O–H groups in total. The summed E-state index contributed by atoms with van der Waals surface area (Å²) < 4.78 is 37.0. The number of hydrogen-bond acceptors (Lipinski definition) is 3. The molecule has 1 aliphatic heterocycles. The molecule has 0 aromatic carbocycles. The zero-order chi connectivity index (χ0) is 10.9. The van der Waals surface area contributed by atoms with Crippen molar-refractivity contribution in [2.45, 2.75) is 12.2 Å². The number of rotatable bonds is 2. The number of hydrogen-bond donors (Lipinski definition) is 2. The molecule has 15 heavy (non-hydrogen) atoms. The highest BCUT2D eigenvalue weighted by molar-refractivity contribution is 5.40. The predicted molar refractivity (Wildman–Crippen MR) is 49.5 cm³/mol. The molecule has 6 heteroatoms. The lowest BCUT2D eigenvalue weighted by Crippen LogP contribution is -2.51. The molecule has 0 bridgehead atoms. The van der Waals surface area contributed by atoms with Crippen LogP contribution in [0.1, 0.15) is 5.56 Å². The Morgan fingerprint density at radius 3 is 2.67 bits per heavy atom. The van der Waals surface area contributed by atoms with E-state index in [1.54, 1.807) is 0 Å². The number of alkyl halides is 3. The molecule has 3 nitrogen and oxygen atoms in total. The Labute approximate surface area is 84.7 Å². The first-order valence-electron chi connectivity index (χ1n) is 4.56. The van der Waals surface area contributed by atoms with Crippen LogP contribution in [0.3, 0.4) is 0 Å². The summed E-state index contributed by atoms with van der Waals surface area (Å²) in [6.45, 7) is 1.52. The number of nitrogens with one attached hydrogen (secondary N) is 2. The Morgan fingerprint density at radius 1 is 1.40 bits per heavy atom. The first kappa shape index (κ1) is 10.2. The molecule has 2 heterocycles. The highest BCUT2D eigenvalue weighted by Gasteiger charge is 2.31. The molecular formula is C9H10F3N3. The van der Waals surface area contributed by atoms with Crippen molar-refractivity contribution < 1.29 is 13.2 Å². The van der Waals surface area contributed by atoms with Crippen LogP contribution in [0.5, 0.6) is 0 Å². The second-order valence-corrected chi connectivity index (χ2v) is 3.43. The van der Waals surface area contributed by atoms with E-state index in [0.29, 0.717) is 0 Å². The summed E-state index contributed by atoms with van der Waals surface area (Å²) in [6.07, 6.45) is -3.14. The minimum absolute atomic E-state index is 0.181. The second kappa shape index (κ2) is 3.69. The summed E-state index contributed by atoms with van der Waals surface area (Å²) in [5, 5.41) is 5.93. The van der Waals surface area contributed by atoms with Crippen LogP contribution in [-0.2, 0) is 6.18 Å². The average Bonchev–Trinajstić information content (AvgIpc) is 2.11. The van der Waals surface area contributed by atoms with Gasteiger partial charge in [-0.3, -0.25) is 0 Å². The molecule has 0 amide bonds. The minimum Gasteiger partial charge on any atom is -0.365 e.